The van der Waals surface area contributed by atoms with Crippen LogP contribution in [0.4, 0.5) is 10.1 Å². The quantitative estimate of drug-likeness (QED) is 0.591. The first-order chi connectivity index (χ1) is 6.29. The number of rotatable bonds is 0. The number of halogens is 1. The zero-order chi connectivity index (χ0) is 9.26. The second-order valence-corrected chi connectivity index (χ2v) is 3.62. The molecule has 2 rings (SSSR count). The summed E-state index contributed by atoms with van der Waals surface area (Å²) in [7, 11) is 2.03. The van der Waals surface area contributed by atoms with E-state index in [-0.39, 0.29) is 5.82 Å². The molecule has 1 heterocycles. The fourth-order valence-electron chi connectivity index (χ4n) is 1.92. The van der Waals surface area contributed by atoms with Crippen LogP contribution < -0.4 is 4.90 Å². The van der Waals surface area contributed by atoms with Crippen molar-refractivity contribution in [1.82, 2.24) is 0 Å². The molecule has 0 unspecified atom stereocenters. The summed E-state index contributed by atoms with van der Waals surface area (Å²) in [5, 5.41) is 0. The zero-order valence-electron chi connectivity index (χ0n) is 7.89. The number of fused-ring (bicyclic) bond motifs is 1. The summed E-state index contributed by atoms with van der Waals surface area (Å²) in [6.07, 6.45) is 3.13. The predicted molar refractivity (Wildman–Crippen MR) is 52.6 cm³/mol. The van der Waals surface area contributed by atoms with Gasteiger partial charge in [0.1, 0.15) is 5.82 Å². The number of hydrogen-bond acceptors (Lipinski definition) is 1. The van der Waals surface area contributed by atoms with Crippen molar-refractivity contribution in [3.63, 3.8) is 0 Å². The van der Waals surface area contributed by atoms with E-state index < -0.39 is 0 Å². The van der Waals surface area contributed by atoms with Gasteiger partial charge in [0.05, 0.1) is 0 Å². The van der Waals surface area contributed by atoms with Crippen LogP contribution in [0.2, 0.25) is 0 Å². The molecular formula is C11H14FN. The molecule has 1 aromatic rings. The maximum absolute atomic E-state index is 13.4. The molecule has 0 radical (unpaired) electrons. The van der Waals surface area contributed by atoms with Crippen LogP contribution in [-0.4, -0.2) is 13.6 Å². The molecule has 0 bridgehead atoms. The smallest absolute Gasteiger partial charge is 0.128 e. The van der Waals surface area contributed by atoms with E-state index in [4.69, 9.17) is 0 Å². The van der Waals surface area contributed by atoms with Crippen LogP contribution in [-0.2, 0) is 6.42 Å². The number of nitrogens with zero attached hydrogens (tertiary/aromatic N) is 1. The zero-order valence-corrected chi connectivity index (χ0v) is 7.89. The predicted octanol–water partition coefficient (Wildman–Crippen LogP) is 2.60. The Morgan fingerprint density at radius 1 is 1.31 bits per heavy atom. The Kier molecular flexibility index (Phi) is 2.21. The van der Waals surface area contributed by atoms with Gasteiger partial charge in [-0.05, 0) is 31.4 Å². The largest absolute Gasteiger partial charge is 0.374 e. The monoisotopic (exact) mass is 179 g/mol. The van der Waals surface area contributed by atoms with Gasteiger partial charge >= 0.3 is 0 Å². The van der Waals surface area contributed by atoms with Gasteiger partial charge in [0.15, 0.2) is 0 Å². The van der Waals surface area contributed by atoms with Crippen LogP contribution in [0.5, 0.6) is 0 Å². The molecule has 0 saturated carbocycles. The highest BCUT2D eigenvalue weighted by Gasteiger charge is 2.14. The Hall–Kier alpha value is -1.05. The summed E-state index contributed by atoms with van der Waals surface area (Å²) in [4.78, 5) is 2.14. The third-order valence-corrected chi connectivity index (χ3v) is 2.68. The average Bonchev–Trinajstić information content (AvgIpc) is 2.30. The van der Waals surface area contributed by atoms with E-state index >= 15 is 0 Å². The molecule has 1 aliphatic heterocycles. The van der Waals surface area contributed by atoms with Crippen LogP contribution >= 0.6 is 0 Å². The molecule has 13 heavy (non-hydrogen) atoms. The molecule has 1 aromatic carbocycles. The van der Waals surface area contributed by atoms with Crippen molar-refractivity contribution in [1.29, 1.82) is 0 Å². The lowest BCUT2D eigenvalue weighted by Gasteiger charge is -2.19. The second-order valence-electron chi connectivity index (χ2n) is 3.62. The normalized spacial score (nSPS) is 16.6. The van der Waals surface area contributed by atoms with E-state index in [0.717, 1.165) is 37.1 Å². The first-order valence-electron chi connectivity index (χ1n) is 4.77. The summed E-state index contributed by atoms with van der Waals surface area (Å²) < 4.78 is 13.4. The molecule has 0 fully saturated rings. The van der Waals surface area contributed by atoms with Crippen molar-refractivity contribution in [3.05, 3.63) is 29.6 Å². The Labute approximate surface area is 78.2 Å². The van der Waals surface area contributed by atoms with Crippen molar-refractivity contribution in [2.75, 3.05) is 18.5 Å². The van der Waals surface area contributed by atoms with Gasteiger partial charge in [0.2, 0.25) is 0 Å². The Morgan fingerprint density at radius 2 is 2.15 bits per heavy atom. The molecule has 0 aliphatic carbocycles. The van der Waals surface area contributed by atoms with Crippen molar-refractivity contribution in [2.45, 2.75) is 19.3 Å². The SMILES string of the molecule is CN1CCCCc2c(F)cccc21. The van der Waals surface area contributed by atoms with E-state index in [1.165, 1.54) is 0 Å². The van der Waals surface area contributed by atoms with Crippen LogP contribution in [0.25, 0.3) is 0 Å². The summed E-state index contributed by atoms with van der Waals surface area (Å²) in [5.41, 5.74) is 1.96. The molecule has 0 aromatic heterocycles. The number of benzene rings is 1. The van der Waals surface area contributed by atoms with E-state index in [0.29, 0.717) is 0 Å². The lowest BCUT2D eigenvalue weighted by molar-refractivity contribution is 0.607. The fraction of sp³-hybridized carbons (Fsp3) is 0.455. The molecule has 0 spiro atoms. The second kappa shape index (κ2) is 3.36. The maximum atomic E-state index is 13.4. The number of hydrogen-bond donors (Lipinski definition) is 0. The van der Waals surface area contributed by atoms with Gasteiger partial charge in [-0.2, -0.15) is 0 Å². The molecule has 70 valence electrons. The maximum Gasteiger partial charge on any atom is 0.128 e. The topological polar surface area (TPSA) is 3.24 Å². The van der Waals surface area contributed by atoms with E-state index in [2.05, 4.69) is 4.90 Å². The third kappa shape index (κ3) is 1.53. The Bertz CT molecular complexity index is 309. The highest BCUT2D eigenvalue weighted by molar-refractivity contribution is 5.54. The molecule has 1 nitrogen and oxygen atoms in total. The van der Waals surface area contributed by atoms with Crippen LogP contribution in [0.3, 0.4) is 0 Å². The van der Waals surface area contributed by atoms with Crippen molar-refractivity contribution in [2.24, 2.45) is 0 Å². The van der Waals surface area contributed by atoms with Gasteiger partial charge in [-0.3, -0.25) is 0 Å². The van der Waals surface area contributed by atoms with Crippen molar-refractivity contribution < 1.29 is 4.39 Å². The molecule has 2 heteroatoms. The fourth-order valence-corrected chi connectivity index (χ4v) is 1.92. The minimum atomic E-state index is -0.0498. The molecule has 0 amide bonds. The van der Waals surface area contributed by atoms with E-state index in [1.54, 1.807) is 12.1 Å². The summed E-state index contributed by atoms with van der Waals surface area (Å²) in [6, 6.07) is 5.34. The lowest BCUT2D eigenvalue weighted by atomic mass is 10.1. The Balaban J connectivity index is 2.47. The van der Waals surface area contributed by atoms with Crippen LogP contribution in [0.15, 0.2) is 18.2 Å². The molecule has 0 saturated heterocycles. The highest BCUT2D eigenvalue weighted by Crippen LogP contribution is 2.26. The highest BCUT2D eigenvalue weighted by atomic mass is 19.1. The van der Waals surface area contributed by atoms with Crippen LogP contribution in [0, 0.1) is 5.82 Å². The summed E-state index contributed by atoms with van der Waals surface area (Å²) in [6.45, 7) is 1.04. The van der Waals surface area contributed by atoms with Gasteiger partial charge in [0.25, 0.3) is 0 Å². The van der Waals surface area contributed by atoms with Gasteiger partial charge < -0.3 is 4.90 Å². The van der Waals surface area contributed by atoms with Gasteiger partial charge in [-0.1, -0.05) is 6.07 Å². The van der Waals surface area contributed by atoms with Gasteiger partial charge in [-0.25, -0.2) is 4.39 Å². The summed E-state index contributed by atoms with van der Waals surface area (Å²) >= 11 is 0. The van der Waals surface area contributed by atoms with Crippen LogP contribution in [0.1, 0.15) is 18.4 Å². The lowest BCUT2D eigenvalue weighted by Crippen LogP contribution is -2.17. The molecular weight excluding hydrogens is 165 g/mol. The summed E-state index contributed by atoms with van der Waals surface area (Å²) in [5.74, 6) is -0.0498. The van der Waals surface area contributed by atoms with E-state index in [1.807, 2.05) is 13.1 Å². The molecule has 0 atom stereocenters. The number of anilines is 1. The third-order valence-electron chi connectivity index (χ3n) is 2.68. The first-order valence-corrected chi connectivity index (χ1v) is 4.77. The van der Waals surface area contributed by atoms with Crippen molar-refractivity contribution >= 4 is 5.69 Å². The average molecular weight is 179 g/mol. The minimum absolute atomic E-state index is 0.0498. The van der Waals surface area contributed by atoms with Gasteiger partial charge in [0, 0.05) is 24.8 Å². The molecule has 1 aliphatic rings. The Morgan fingerprint density at radius 3 is 3.00 bits per heavy atom. The van der Waals surface area contributed by atoms with E-state index in [9.17, 15) is 4.39 Å². The van der Waals surface area contributed by atoms with Crippen molar-refractivity contribution in [3.8, 4) is 0 Å². The minimum Gasteiger partial charge on any atom is -0.374 e. The first kappa shape index (κ1) is 8.54. The standard InChI is InChI=1S/C11H14FN/c1-13-8-3-2-5-9-10(12)6-4-7-11(9)13/h4,6-7H,2-3,5,8H2,1H3. The molecule has 0 N–H and O–H groups in total. The van der Waals surface area contributed by atoms with Gasteiger partial charge in [-0.15, -0.1) is 0 Å².